The van der Waals surface area contributed by atoms with Crippen LogP contribution in [0.3, 0.4) is 0 Å². The van der Waals surface area contributed by atoms with Gasteiger partial charge in [0.2, 0.25) is 10.0 Å². The first-order valence-electron chi connectivity index (χ1n) is 6.81. The van der Waals surface area contributed by atoms with Crippen molar-refractivity contribution in [3.63, 3.8) is 0 Å². The number of hydrogen-bond donors (Lipinski definition) is 2. The topological polar surface area (TPSA) is 72.2 Å². The molecule has 1 unspecified atom stereocenters. The van der Waals surface area contributed by atoms with Crippen LogP contribution in [-0.4, -0.2) is 14.5 Å². The zero-order chi connectivity index (χ0) is 14.3. The van der Waals surface area contributed by atoms with E-state index in [1.165, 1.54) is 0 Å². The average molecular weight is 284 g/mol. The van der Waals surface area contributed by atoms with Gasteiger partial charge in [0.25, 0.3) is 0 Å². The third-order valence-electron chi connectivity index (χ3n) is 3.07. The van der Waals surface area contributed by atoms with Gasteiger partial charge in [-0.2, -0.15) is 0 Å². The van der Waals surface area contributed by atoms with Crippen LogP contribution in [0.2, 0.25) is 0 Å². The highest BCUT2D eigenvalue weighted by Crippen LogP contribution is 2.12. The quantitative estimate of drug-likeness (QED) is 0.720. The summed E-state index contributed by atoms with van der Waals surface area (Å²) in [6, 6.07) is 6.66. The molecule has 0 amide bonds. The van der Waals surface area contributed by atoms with Crippen LogP contribution in [0.25, 0.3) is 0 Å². The summed E-state index contributed by atoms with van der Waals surface area (Å²) in [5.74, 6) is 0. The predicted octanol–water partition coefficient (Wildman–Crippen LogP) is 2.39. The fraction of sp³-hybridized carbons (Fsp3) is 0.571. The lowest BCUT2D eigenvalue weighted by atomic mass is 10.1. The summed E-state index contributed by atoms with van der Waals surface area (Å²) < 4.78 is 27.0. The van der Waals surface area contributed by atoms with E-state index in [1.807, 2.05) is 6.92 Å². The molecule has 0 heterocycles. The lowest BCUT2D eigenvalue weighted by Gasteiger charge is -2.14. The molecule has 0 saturated carbocycles. The minimum absolute atomic E-state index is 0.0364. The van der Waals surface area contributed by atoms with Gasteiger partial charge >= 0.3 is 0 Å². The molecule has 108 valence electrons. The normalized spacial score (nSPS) is 13.4. The predicted molar refractivity (Wildman–Crippen MR) is 78.3 cm³/mol. The zero-order valence-electron chi connectivity index (χ0n) is 11.7. The molecule has 4 nitrogen and oxygen atoms in total. The van der Waals surface area contributed by atoms with Crippen molar-refractivity contribution in [1.29, 1.82) is 0 Å². The number of unbranched alkanes of at least 4 members (excludes halogenated alkanes) is 2. The minimum Gasteiger partial charge on any atom is -0.326 e. The molecule has 1 rings (SSSR count). The molecule has 19 heavy (non-hydrogen) atoms. The van der Waals surface area contributed by atoms with Gasteiger partial charge in [-0.3, -0.25) is 0 Å². The van der Waals surface area contributed by atoms with Gasteiger partial charge in [0.15, 0.2) is 0 Å². The molecule has 0 aliphatic rings. The first-order chi connectivity index (χ1) is 8.99. The van der Waals surface area contributed by atoms with Crippen molar-refractivity contribution in [2.75, 3.05) is 0 Å². The second kappa shape index (κ2) is 7.62. The molecule has 0 fully saturated rings. The third-order valence-corrected chi connectivity index (χ3v) is 4.67. The lowest BCUT2D eigenvalue weighted by molar-refractivity contribution is 0.527. The smallest absolute Gasteiger partial charge is 0.240 e. The van der Waals surface area contributed by atoms with Crippen LogP contribution in [0.15, 0.2) is 29.2 Å². The van der Waals surface area contributed by atoms with Crippen LogP contribution >= 0.6 is 0 Å². The molecular weight excluding hydrogens is 260 g/mol. The summed E-state index contributed by atoms with van der Waals surface area (Å²) in [6.45, 7) is 4.45. The highest BCUT2D eigenvalue weighted by Gasteiger charge is 2.16. The van der Waals surface area contributed by atoms with Gasteiger partial charge in [0, 0.05) is 12.6 Å². The maximum atomic E-state index is 12.1. The van der Waals surface area contributed by atoms with Gasteiger partial charge in [0.1, 0.15) is 0 Å². The molecule has 0 aliphatic carbocycles. The van der Waals surface area contributed by atoms with E-state index < -0.39 is 10.0 Å². The largest absolute Gasteiger partial charge is 0.326 e. The summed E-state index contributed by atoms with van der Waals surface area (Å²) >= 11 is 0. The SMILES string of the molecule is CCCCCC(C)NS(=O)(=O)c1ccc(CN)cc1. The van der Waals surface area contributed by atoms with Crippen molar-refractivity contribution in [2.24, 2.45) is 5.73 Å². The van der Waals surface area contributed by atoms with Crippen molar-refractivity contribution < 1.29 is 8.42 Å². The Bertz CT molecular complexity index is 469. The molecule has 0 aliphatic heterocycles. The fourth-order valence-corrected chi connectivity index (χ4v) is 3.18. The third kappa shape index (κ3) is 5.30. The Hall–Kier alpha value is -0.910. The number of nitrogens with two attached hydrogens (primary N) is 1. The monoisotopic (exact) mass is 284 g/mol. The first-order valence-corrected chi connectivity index (χ1v) is 8.29. The lowest BCUT2D eigenvalue weighted by Crippen LogP contribution is -2.32. The molecule has 3 N–H and O–H groups in total. The van der Waals surface area contributed by atoms with Crippen molar-refractivity contribution in [3.05, 3.63) is 29.8 Å². The van der Waals surface area contributed by atoms with E-state index in [0.717, 1.165) is 31.2 Å². The Morgan fingerprint density at radius 2 is 1.84 bits per heavy atom. The first kappa shape index (κ1) is 16.1. The zero-order valence-corrected chi connectivity index (χ0v) is 12.5. The van der Waals surface area contributed by atoms with Gasteiger partial charge in [-0.15, -0.1) is 0 Å². The second-order valence-corrected chi connectivity index (χ2v) is 6.58. The molecular formula is C14H24N2O2S. The van der Waals surface area contributed by atoms with E-state index >= 15 is 0 Å². The Morgan fingerprint density at radius 3 is 2.37 bits per heavy atom. The van der Waals surface area contributed by atoms with E-state index in [0.29, 0.717) is 11.4 Å². The van der Waals surface area contributed by atoms with Crippen LogP contribution in [-0.2, 0) is 16.6 Å². The maximum Gasteiger partial charge on any atom is 0.240 e. The van der Waals surface area contributed by atoms with Gasteiger partial charge in [-0.25, -0.2) is 13.1 Å². The van der Waals surface area contributed by atoms with Crippen LogP contribution in [0.5, 0.6) is 0 Å². The highest BCUT2D eigenvalue weighted by molar-refractivity contribution is 7.89. The van der Waals surface area contributed by atoms with Crippen molar-refractivity contribution in [2.45, 2.75) is 57.0 Å². The van der Waals surface area contributed by atoms with Gasteiger partial charge < -0.3 is 5.73 Å². The number of benzene rings is 1. The highest BCUT2D eigenvalue weighted by atomic mass is 32.2. The molecule has 1 aromatic carbocycles. The number of rotatable bonds is 8. The Morgan fingerprint density at radius 1 is 1.21 bits per heavy atom. The molecule has 0 spiro atoms. The summed E-state index contributed by atoms with van der Waals surface area (Å²) in [4.78, 5) is 0.298. The van der Waals surface area contributed by atoms with Crippen LogP contribution in [0.4, 0.5) is 0 Å². The van der Waals surface area contributed by atoms with Gasteiger partial charge in [-0.05, 0) is 31.0 Å². The van der Waals surface area contributed by atoms with E-state index in [9.17, 15) is 8.42 Å². The van der Waals surface area contributed by atoms with E-state index in [1.54, 1.807) is 24.3 Å². The van der Waals surface area contributed by atoms with E-state index in [2.05, 4.69) is 11.6 Å². The van der Waals surface area contributed by atoms with E-state index in [4.69, 9.17) is 5.73 Å². The molecule has 1 atom stereocenters. The molecule has 0 radical (unpaired) electrons. The Labute approximate surface area is 116 Å². The van der Waals surface area contributed by atoms with Gasteiger partial charge in [0.05, 0.1) is 4.90 Å². The van der Waals surface area contributed by atoms with Crippen LogP contribution in [0, 0.1) is 0 Å². The maximum absolute atomic E-state index is 12.1. The molecule has 1 aromatic rings. The second-order valence-electron chi connectivity index (χ2n) is 4.87. The molecule has 0 aromatic heterocycles. The van der Waals surface area contributed by atoms with Crippen molar-refractivity contribution in [1.82, 2.24) is 4.72 Å². The Kier molecular flexibility index (Phi) is 6.48. The van der Waals surface area contributed by atoms with Gasteiger partial charge in [-0.1, -0.05) is 38.3 Å². The molecule has 0 bridgehead atoms. The van der Waals surface area contributed by atoms with E-state index in [-0.39, 0.29) is 6.04 Å². The summed E-state index contributed by atoms with van der Waals surface area (Å²) in [5, 5.41) is 0. The fourth-order valence-electron chi connectivity index (χ4n) is 1.90. The Balaban J connectivity index is 2.63. The van der Waals surface area contributed by atoms with Crippen molar-refractivity contribution >= 4 is 10.0 Å². The summed E-state index contributed by atoms with van der Waals surface area (Å²) in [6.07, 6.45) is 4.19. The number of nitrogens with one attached hydrogen (secondary N) is 1. The summed E-state index contributed by atoms with van der Waals surface area (Å²) in [7, 11) is -3.41. The minimum atomic E-state index is -3.41. The number of sulfonamides is 1. The molecule has 0 saturated heterocycles. The molecule has 5 heteroatoms. The number of hydrogen-bond acceptors (Lipinski definition) is 3. The van der Waals surface area contributed by atoms with Crippen LogP contribution in [0.1, 0.15) is 45.1 Å². The summed E-state index contributed by atoms with van der Waals surface area (Å²) in [5.41, 5.74) is 6.42. The van der Waals surface area contributed by atoms with Crippen molar-refractivity contribution in [3.8, 4) is 0 Å². The van der Waals surface area contributed by atoms with Crippen LogP contribution < -0.4 is 10.5 Å². The standard InChI is InChI=1S/C14H24N2O2S/c1-3-4-5-6-12(2)16-19(17,18)14-9-7-13(11-15)8-10-14/h7-10,12,16H,3-6,11,15H2,1-2H3. The average Bonchev–Trinajstić information content (AvgIpc) is 2.38.